The Balaban J connectivity index is 2.07. The standard InChI is InChI=1S/C10H11ClN4O/c1-6-4-13-9(16-6)5-14-10-7(12)2-3-8(11)15-10/h2-4H,5,12H2,1H3,(H,14,15). The smallest absolute Gasteiger partial charge is 0.213 e. The van der Waals surface area contributed by atoms with Crippen molar-refractivity contribution in [3.8, 4) is 0 Å². The first-order chi connectivity index (χ1) is 7.65. The highest BCUT2D eigenvalue weighted by Gasteiger charge is 2.04. The van der Waals surface area contributed by atoms with E-state index in [1.54, 1.807) is 18.3 Å². The lowest BCUT2D eigenvalue weighted by atomic mass is 10.4. The number of hydrogen-bond donors (Lipinski definition) is 2. The molecular weight excluding hydrogens is 228 g/mol. The first-order valence-corrected chi connectivity index (χ1v) is 5.10. The zero-order valence-corrected chi connectivity index (χ0v) is 9.45. The van der Waals surface area contributed by atoms with Crippen LogP contribution in [0.5, 0.6) is 0 Å². The van der Waals surface area contributed by atoms with Crippen molar-refractivity contribution < 1.29 is 4.42 Å². The van der Waals surface area contributed by atoms with Gasteiger partial charge < -0.3 is 15.5 Å². The Labute approximate surface area is 97.6 Å². The molecule has 3 N–H and O–H groups in total. The third kappa shape index (κ3) is 2.43. The van der Waals surface area contributed by atoms with E-state index in [2.05, 4.69) is 15.3 Å². The molecule has 2 heterocycles. The molecule has 0 radical (unpaired) electrons. The maximum atomic E-state index is 5.76. The molecule has 0 aliphatic heterocycles. The molecule has 0 atom stereocenters. The molecular formula is C10H11ClN4O. The monoisotopic (exact) mass is 238 g/mol. The second kappa shape index (κ2) is 4.40. The van der Waals surface area contributed by atoms with Crippen LogP contribution >= 0.6 is 11.6 Å². The molecule has 0 aromatic carbocycles. The van der Waals surface area contributed by atoms with Crippen LogP contribution in [0.15, 0.2) is 22.7 Å². The molecule has 0 fully saturated rings. The summed E-state index contributed by atoms with van der Waals surface area (Å²) in [6.07, 6.45) is 1.66. The molecule has 0 unspecified atom stereocenters. The summed E-state index contributed by atoms with van der Waals surface area (Å²) >= 11 is 5.76. The highest BCUT2D eigenvalue weighted by molar-refractivity contribution is 6.29. The number of hydrogen-bond acceptors (Lipinski definition) is 5. The Hall–Kier alpha value is -1.75. The Kier molecular flexibility index (Phi) is 2.96. The van der Waals surface area contributed by atoms with E-state index >= 15 is 0 Å². The van der Waals surface area contributed by atoms with Crippen LogP contribution in [0, 0.1) is 6.92 Å². The Morgan fingerprint density at radius 1 is 1.50 bits per heavy atom. The molecule has 0 aliphatic rings. The van der Waals surface area contributed by atoms with Crippen molar-refractivity contribution in [1.29, 1.82) is 0 Å². The van der Waals surface area contributed by atoms with Crippen molar-refractivity contribution in [1.82, 2.24) is 9.97 Å². The van der Waals surface area contributed by atoms with Gasteiger partial charge in [-0.2, -0.15) is 0 Å². The van der Waals surface area contributed by atoms with Crippen LogP contribution in [-0.4, -0.2) is 9.97 Å². The maximum absolute atomic E-state index is 5.76. The number of anilines is 2. The maximum Gasteiger partial charge on any atom is 0.213 e. The Morgan fingerprint density at radius 2 is 2.31 bits per heavy atom. The van der Waals surface area contributed by atoms with E-state index in [1.165, 1.54) is 0 Å². The lowest BCUT2D eigenvalue weighted by Crippen LogP contribution is -2.04. The summed E-state index contributed by atoms with van der Waals surface area (Å²) in [7, 11) is 0. The van der Waals surface area contributed by atoms with Crippen LogP contribution in [0.1, 0.15) is 11.7 Å². The van der Waals surface area contributed by atoms with Crippen LogP contribution in [0.2, 0.25) is 5.15 Å². The van der Waals surface area contributed by atoms with Gasteiger partial charge in [0.2, 0.25) is 5.89 Å². The average molecular weight is 239 g/mol. The summed E-state index contributed by atoms with van der Waals surface area (Å²) in [4.78, 5) is 8.11. The molecule has 0 spiro atoms. The molecule has 2 aromatic heterocycles. The topological polar surface area (TPSA) is 77.0 Å². The fraction of sp³-hybridized carbons (Fsp3) is 0.200. The van der Waals surface area contributed by atoms with Crippen molar-refractivity contribution in [2.75, 3.05) is 11.1 Å². The number of aryl methyl sites for hydroxylation is 1. The number of nitrogens with one attached hydrogen (secondary N) is 1. The van der Waals surface area contributed by atoms with E-state index in [1.807, 2.05) is 6.92 Å². The normalized spacial score (nSPS) is 10.4. The molecule has 6 heteroatoms. The second-order valence-corrected chi connectivity index (χ2v) is 3.68. The summed E-state index contributed by atoms with van der Waals surface area (Å²) in [6.45, 7) is 2.26. The number of nitrogen functional groups attached to an aromatic ring is 1. The van der Waals surface area contributed by atoms with E-state index in [4.69, 9.17) is 21.8 Å². The predicted molar refractivity (Wildman–Crippen MR) is 62.2 cm³/mol. The summed E-state index contributed by atoms with van der Waals surface area (Å²) in [6, 6.07) is 3.33. The number of nitrogens with two attached hydrogens (primary N) is 1. The largest absolute Gasteiger partial charge is 0.444 e. The molecule has 0 amide bonds. The fourth-order valence-corrected chi connectivity index (χ4v) is 1.38. The second-order valence-electron chi connectivity index (χ2n) is 3.29. The summed E-state index contributed by atoms with van der Waals surface area (Å²) in [5.74, 6) is 1.88. The number of aromatic nitrogens is 2. The van der Waals surface area contributed by atoms with Crippen LogP contribution in [0.25, 0.3) is 0 Å². The molecule has 2 aromatic rings. The van der Waals surface area contributed by atoms with Gasteiger partial charge in [-0.15, -0.1) is 0 Å². The van der Waals surface area contributed by atoms with Gasteiger partial charge in [0.1, 0.15) is 10.9 Å². The van der Waals surface area contributed by atoms with E-state index in [-0.39, 0.29) is 0 Å². The molecule has 0 aliphatic carbocycles. The third-order valence-electron chi connectivity index (χ3n) is 1.97. The zero-order chi connectivity index (χ0) is 11.5. The first kappa shape index (κ1) is 10.8. The van der Waals surface area contributed by atoms with Crippen LogP contribution in [0.4, 0.5) is 11.5 Å². The van der Waals surface area contributed by atoms with Crippen LogP contribution < -0.4 is 11.1 Å². The van der Waals surface area contributed by atoms with Gasteiger partial charge in [0.15, 0.2) is 5.82 Å². The minimum Gasteiger partial charge on any atom is -0.444 e. The van der Waals surface area contributed by atoms with Crippen molar-refractivity contribution in [3.63, 3.8) is 0 Å². The van der Waals surface area contributed by atoms with Crippen molar-refractivity contribution >= 4 is 23.1 Å². The molecule has 84 valence electrons. The lowest BCUT2D eigenvalue weighted by molar-refractivity contribution is 0.479. The van der Waals surface area contributed by atoms with Crippen molar-refractivity contribution in [2.45, 2.75) is 13.5 Å². The van der Waals surface area contributed by atoms with E-state index in [0.717, 1.165) is 5.76 Å². The molecule has 0 saturated carbocycles. The number of nitrogens with zero attached hydrogens (tertiary/aromatic N) is 2. The highest BCUT2D eigenvalue weighted by atomic mass is 35.5. The zero-order valence-electron chi connectivity index (χ0n) is 8.70. The minimum absolute atomic E-state index is 0.389. The molecule has 2 rings (SSSR count). The fourth-order valence-electron chi connectivity index (χ4n) is 1.23. The highest BCUT2D eigenvalue weighted by Crippen LogP contribution is 2.18. The van der Waals surface area contributed by atoms with Crippen molar-refractivity contribution in [2.24, 2.45) is 0 Å². The molecule has 5 nitrogen and oxygen atoms in total. The number of oxazole rings is 1. The van der Waals surface area contributed by atoms with Crippen molar-refractivity contribution in [3.05, 3.63) is 35.1 Å². The third-order valence-corrected chi connectivity index (χ3v) is 2.18. The van der Waals surface area contributed by atoms with Crippen LogP contribution in [-0.2, 0) is 6.54 Å². The van der Waals surface area contributed by atoms with Gasteiger partial charge in [-0.25, -0.2) is 9.97 Å². The Bertz CT molecular complexity index is 497. The van der Waals surface area contributed by atoms with Gasteiger partial charge >= 0.3 is 0 Å². The van der Waals surface area contributed by atoms with Gasteiger partial charge in [0.05, 0.1) is 18.4 Å². The van der Waals surface area contributed by atoms with Gasteiger partial charge in [-0.3, -0.25) is 0 Å². The van der Waals surface area contributed by atoms with Gasteiger partial charge in [-0.1, -0.05) is 11.6 Å². The van der Waals surface area contributed by atoms with E-state index < -0.39 is 0 Å². The Morgan fingerprint density at radius 3 is 3.00 bits per heavy atom. The van der Waals surface area contributed by atoms with Gasteiger partial charge in [0.25, 0.3) is 0 Å². The van der Waals surface area contributed by atoms with Gasteiger partial charge in [-0.05, 0) is 19.1 Å². The lowest BCUT2D eigenvalue weighted by Gasteiger charge is -2.06. The summed E-state index contributed by atoms with van der Waals surface area (Å²) in [5.41, 5.74) is 6.26. The SMILES string of the molecule is Cc1cnc(CNc2nc(Cl)ccc2N)o1. The molecule has 0 bridgehead atoms. The first-order valence-electron chi connectivity index (χ1n) is 4.72. The summed E-state index contributed by atoms with van der Waals surface area (Å²) < 4.78 is 5.30. The number of pyridine rings is 1. The van der Waals surface area contributed by atoms with E-state index in [0.29, 0.717) is 29.1 Å². The summed E-state index contributed by atoms with van der Waals surface area (Å²) in [5, 5.41) is 3.40. The van der Waals surface area contributed by atoms with E-state index in [9.17, 15) is 0 Å². The van der Waals surface area contributed by atoms with Gasteiger partial charge in [0, 0.05) is 0 Å². The number of halogens is 1. The minimum atomic E-state index is 0.389. The molecule has 16 heavy (non-hydrogen) atoms. The predicted octanol–water partition coefficient (Wildman–Crippen LogP) is 2.23. The quantitative estimate of drug-likeness (QED) is 0.802. The average Bonchev–Trinajstić information content (AvgIpc) is 2.66. The number of rotatable bonds is 3. The molecule has 0 saturated heterocycles. The van der Waals surface area contributed by atoms with Crippen LogP contribution in [0.3, 0.4) is 0 Å².